The van der Waals surface area contributed by atoms with Crippen molar-refractivity contribution in [1.82, 2.24) is 14.8 Å². The summed E-state index contributed by atoms with van der Waals surface area (Å²) in [6.07, 6.45) is 1.71. The van der Waals surface area contributed by atoms with E-state index in [-0.39, 0.29) is 24.3 Å². The summed E-state index contributed by atoms with van der Waals surface area (Å²) in [5, 5.41) is 7.78. The van der Waals surface area contributed by atoms with Crippen molar-refractivity contribution in [2.45, 2.75) is 38.4 Å². The third kappa shape index (κ3) is 3.21. The number of hydrogen-bond acceptors (Lipinski definition) is 5. The highest BCUT2D eigenvalue weighted by molar-refractivity contribution is 7.18. The molecule has 0 bridgehead atoms. The molecule has 7 nitrogen and oxygen atoms in total. The molecule has 0 spiro atoms. The Morgan fingerprint density at radius 3 is 2.76 bits per heavy atom. The topological polar surface area (TPSA) is 90.8 Å². The van der Waals surface area contributed by atoms with E-state index in [1.165, 1.54) is 0 Å². The first-order valence-electron chi connectivity index (χ1n) is 8.10. The van der Waals surface area contributed by atoms with Crippen molar-refractivity contribution in [3.63, 3.8) is 0 Å². The average Bonchev–Trinajstić information content (AvgIpc) is 3.24. The quantitative estimate of drug-likeness (QED) is 0.823. The number of aromatic nitrogens is 1. The van der Waals surface area contributed by atoms with Gasteiger partial charge in [-0.25, -0.2) is 4.98 Å². The van der Waals surface area contributed by atoms with E-state index in [0.29, 0.717) is 13.1 Å². The summed E-state index contributed by atoms with van der Waals surface area (Å²) >= 11 is 1.59. The Labute approximate surface area is 148 Å². The Morgan fingerprint density at radius 1 is 1.32 bits per heavy atom. The van der Waals surface area contributed by atoms with Crippen molar-refractivity contribution in [2.24, 2.45) is 0 Å². The number of piperazine rings is 1. The molecule has 1 N–H and O–H groups in total. The second-order valence-electron chi connectivity index (χ2n) is 6.01. The highest BCUT2D eigenvalue weighted by atomic mass is 32.1. The van der Waals surface area contributed by atoms with Gasteiger partial charge in [-0.3, -0.25) is 14.4 Å². The Hall–Kier alpha value is -2.48. The summed E-state index contributed by atoms with van der Waals surface area (Å²) in [6.45, 7) is 2.71. The van der Waals surface area contributed by atoms with Crippen molar-refractivity contribution in [3.8, 4) is 0 Å². The van der Waals surface area contributed by atoms with E-state index < -0.39 is 6.04 Å². The molecule has 0 saturated carbocycles. The SMILES string of the molecule is C[C@H]1C(=O)N2CCC[C@@H]2C(=O)N1Cc1nc2ccccc2s1.O=CO. The molecule has 2 saturated heterocycles. The van der Waals surface area contributed by atoms with Gasteiger partial charge >= 0.3 is 0 Å². The number of rotatable bonds is 2. The molecule has 2 atom stereocenters. The molecule has 0 unspecified atom stereocenters. The third-order valence-corrected chi connectivity index (χ3v) is 5.59. The van der Waals surface area contributed by atoms with Gasteiger partial charge in [0.1, 0.15) is 17.1 Å². The van der Waals surface area contributed by atoms with Crippen LogP contribution in [0.5, 0.6) is 0 Å². The van der Waals surface area contributed by atoms with Gasteiger partial charge in [0.2, 0.25) is 11.8 Å². The molecule has 3 heterocycles. The van der Waals surface area contributed by atoms with Gasteiger partial charge in [-0.1, -0.05) is 12.1 Å². The first kappa shape index (κ1) is 17.3. The van der Waals surface area contributed by atoms with Gasteiger partial charge in [0.05, 0.1) is 16.8 Å². The van der Waals surface area contributed by atoms with Crippen molar-refractivity contribution in [2.75, 3.05) is 6.54 Å². The molecule has 2 aromatic rings. The van der Waals surface area contributed by atoms with Crippen LogP contribution in [0.2, 0.25) is 0 Å². The number of carbonyl (C=O) groups is 3. The number of amides is 2. The van der Waals surface area contributed by atoms with Crippen LogP contribution in [0.1, 0.15) is 24.8 Å². The fourth-order valence-corrected chi connectivity index (χ4v) is 4.36. The van der Waals surface area contributed by atoms with Gasteiger partial charge in [-0.15, -0.1) is 11.3 Å². The molecule has 25 heavy (non-hydrogen) atoms. The van der Waals surface area contributed by atoms with Gasteiger partial charge in [-0.05, 0) is 31.9 Å². The minimum atomic E-state index is -0.395. The van der Waals surface area contributed by atoms with Crippen molar-refractivity contribution in [3.05, 3.63) is 29.3 Å². The second kappa shape index (κ2) is 7.18. The maximum Gasteiger partial charge on any atom is 0.290 e. The summed E-state index contributed by atoms with van der Waals surface area (Å²) in [5.74, 6) is 0.145. The number of thiazole rings is 1. The first-order chi connectivity index (χ1) is 12.1. The lowest BCUT2D eigenvalue weighted by atomic mass is 10.1. The number of para-hydroxylation sites is 1. The fourth-order valence-electron chi connectivity index (χ4n) is 3.39. The van der Waals surface area contributed by atoms with Crippen molar-refractivity contribution < 1.29 is 19.5 Å². The molecule has 2 aliphatic rings. The molecule has 1 aromatic carbocycles. The lowest BCUT2D eigenvalue weighted by molar-refractivity contribution is -0.159. The van der Waals surface area contributed by atoms with Crippen LogP contribution in [0.25, 0.3) is 10.2 Å². The van der Waals surface area contributed by atoms with Crippen LogP contribution < -0.4 is 0 Å². The van der Waals surface area contributed by atoms with Crippen LogP contribution >= 0.6 is 11.3 Å². The fraction of sp³-hybridized carbons (Fsp3) is 0.412. The number of benzene rings is 1. The van der Waals surface area contributed by atoms with Crippen molar-refractivity contribution in [1.29, 1.82) is 0 Å². The first-order valence-corrected chi connectivity index (χ1v) is 8.91. The van der Waals surface area contributed by atoms with Crippen LogP contribution in [-0.2, 0) is 20.9 Å². The molecule has 0 aliphatic carbocycles. The summed E-state index contributed by atoms with van der Waals surface area (Å²) in [4.78, 5) is 41.5. The number of carbonyl (C=O) groups excluding carboxylic acids is 2. The lowest BCUT2D eigenvalue weighted by Gasteiger charge is -2.40. The highest BCUT2D eigenvalue weighted by Crippen LogP contribution is 2.29. The Bertz CT molecular complexity index is 773. The maximum atomic E-state index is 12.7. The van der Waals surface area contributed by atoms with E-state index >= 15 is 0 Å². The standard InChI is InChI=1S/C16H17N3O2S.CH2O2/c1-10-15(20)18-8-4-6-12(18)16(21)19(10)9-14-17-11-5-2-3-7-13(11)22-14;2-1-3/h2-3,5,7,10,12H,4,6,8-9H2,1H3;1H,(H,2,3)/t10-,12+;/m0./s1. The molecule has 1 aromatic heterocycles. The van der Waals surface area contributed by atoms with Gasteiger partial charge in [-0.2, -0.15) is 0 Å². The van der Waals surface area contributed by atoms with Gasteiger partial charge in [0, 0.05) is 6.54 Å². The van der Waals surface area contributed by atoms with E-state index in [1.807, 2.05) is 31.2 Å². The van der Waals surface area contributed by atoms with Gasteiger partial charge < -0.3 is 14.9 Å². The lowest BCUT2D eigenvalue weighted by Crippen LogP contribution is -2.61. The normalized spacial score (nSPS) is 22.6. The summed E-state index contributed by atoms with van der Waals surface area (Å²) < 4.78 is 1.11. The zero-order valence-corrected chi connectivity index (χ0v) is 14.6. The zero-order chi connectivity index (χ0) is 18.0. The third-order valence-electron chi connectivity index (χ3n) is 4.57. The van der Waals surface area contributed by atoms with Crippen molar-refractivity contribution >= 4 is 39.8 Å². The maximum absolute atomic E-state index is 12.7. The van der Waals surface area contributed by atoms with Crippen LogP contribution in [0.4, 0.5) is 0 Å². The predicted molar refractivity (Wildman–Crippen MR) is 93.1 cm³/mol. The molecule has 2 amide bonds. The summed E-state index contributed by atoms with van der Waals surface area (Å²) in [5.41, 5.74) is 0.952. The van der Waals surface area contributed by atoms with Crippen LogP contribution in [0.15, 0.2) is 24.3 Å². The van der Waals surface area contributed by atoms with Crippen LogP contribution in [-0.4, -0.2) is 56.8 Å². The van der Waals surface area contributed by atoms with Gasteiger partial charge in [0.15, 0.2) is 0 Å². The van der Waals surface area contributed by atoms with Crippen LogP contribution in [0.3, 0.4) is 0 Å². The van der Waals surface area contributed by atoms with E-state index in [1.54, 1.807) is 21.1 Å². The van der Waals surface area contributed by atoms with E-state index in [0.717, 1.165) is 28.1 Å². The number of nitrogens with zero attached hydrogens (tertiary/aromatic N) is 3. The Balaban J connectivity index is 0.000000569. The molecule has 0 radical (unpaired) electrons. The van der Waals surface area contributed by atoms with E-state index in [2.05, 4.69) is 4.98 Å². The monoisotopic (exact) mass is 361 g/mol. The molecule has 132 valence electrons. The van der Waals surface area contributed by atoms with E-state index in [9.17, 15) is 9.59 Å². The minimum absolute atomic E-state index is 0.0724. The minimum Gasteiger partial charge on any atom is -0.483 e. The average molecular weight is 361 g/mol. The summed E-state index contributed by atoms with van der Waals surface area (Å²) in [7, 11) is 0. The smallest absolute Gasteiger partial charge is 0.290 e. The zero-order valence-electron chi connectivity index (χ0n) is 13.8. The van der Waals surface area contributed by atoms with Crippen LogP contribution in [0, 0.1) is 0 Å². The highest BCUT2D eigenvalue weighted by Gasteiger charge is 2.46. The number of carboxylic acid groups (broad SMARTS) is 1. The summed E-state index contributed by atoms with van der Waals surface area (Å²) in [6, 6.07) is 7.30. The molecule has 8 heteroatoms. The van der Waals surface area contributed by atoms with Gasteiger partial charge in [0.25, 0.3) is 6.47 Å². The molecule has 2 aliphatic heterocycles. The molecule has 4 rings (SSSR count). The second-order valence-corrected chi connectivity index (χ2v) is 7.13. The van der Waals surface area contributed by atoms with E-state index in [4.69, 9.17) is 9.90 Å². The molecular formula is C17H19N3O4S. The Kier molecular flexibility index (Phi) is 4.98. The number of fused-ring (bicyclic) bond motifs is 2. The molecular weight excluding hydrogens is 342 g/mol. The Morgan fingerprint density at radius 2 is 2.04 bits per heavy atom. The predicted octanol–water partition coefficient (Wildman–Crippen LogP) is 1.72. The molecule has 2 fully saturated rings. The largest absolute Gasteiger partial charge is 0.483 e. The number of hydrogen-bond donors (Lipinski definition) is 1.